The van der Waals surface area contributed by atoms with Crippen molar-refractivity contribution in [2.24, 2.45) is 5.14 Å². The Bertz CT molecular complexity index is 988. The van der Waals surface area contributed by atoms with Crippen molar-refractivity contribution in [3.63, 3.8) is 0 Å². The van der Waals surface area contributed by atoms with E-state index < -0.39 is 20.0 Å². The molecule has 2 aromatic rings. The molecular formula is C14H15BrN2O5S2. The second-order valence-electron chi connectivity index (χ2n) is 4.95. The van der Waals surface area contributed by atoms with Crippen LogP contribution in [0.25, 0.3) is 0 Å². The first-order chi connectivity index (χ1) is 11.0. The fourth-order valence-corrected chi connectivity index (χ4v) is 4.96. The molecule has 0 amide bonds. The third-order valence-corrected chi connectivity index (χ3v) is 6.39. The minimum absolute atomic E-state index is 0.0250. The van der Waals surface area contributed by atoms with Crippen LogP contribution in [0.15, 0.2) is 50.7 Å². The van der Waals surface area contributed by atoms with Gasteiger partial charge < -0.3 is 4.74 Å². The van der Waals surface area contributed by atoms with Gasteiger partial charge in [0, 0.05) is 4.47 Å². The maximum absolute atomic E-state index is 12.5. The molecule has 0 heterocycles. The summed E-state index contributed by atoms with van der Waals surface area (Å²) in [4.78, 5) is -0.283. The van der Waals surface area contributed by atoms with Crippen molar-refractivity contribution in [3.05, 3.63) is 46.4 Å². The molecule has 0 atom stereocenters. The highest BCUT2D eigenvalue weighted by atomic mass is 79.9. The molecule has 0 aromatic heterocycles. The molecule has 0 bridgehead atoms. The summed E-state index contributed by atoms with van der Waals surface area (Å²) >= 11 is 3.21. The Hall–Kier alpha value is -1.62. The molecule has 0 radical (unpaired) electrons. The monoisotopic (exact) mass is 434 g/mol. The number of hydrogen-bond donors (Lipinski definition) is 2. The largest absolute Gasteiger partial charge is 0.495 e. The number of primary sulfonamides is 1. The van der Waals surface area contributed by atoms with E-state index in [-0.39, 0.29) is 21.2 Å². The standard InChI is InChI=1S/C14H15BrN2O5S2/c1-9-3-6-13(11(15)7-9)24(20,21)17-10-4-5-12(22-2)14(8-10)23(16,18)19/h3-8,17H,1-2H3,(H2,16,18,19). The Morgan fingerprint density at radius 2 is 1.71 bits per heavy atom. The van der Waals surface area contributed by atoms with Crippen LogP contribution in [0.2, 0.25) is 0 Å². The Kier molecular flexibility index (Phi) is 5.23. The maximum atomic E-state index is 12.5. The summed E-state index contributed by atoms with van der Waals surface area (Å²) < 4.78 is 55.9. The number of aryl methyl sites for hydroxylation is 1. The number of sulfonamides is 2. The van der Waals surface area contributed by atoms with Gasteiger partial charge in [0.25, 0.3) is 10.0 Å². The van der Waals surface area contributed by atoms with Crippen LogP contribution in [0.4, 0.5) is 5.69 Å². The lowest BCUT2D eigenvalue weighted by atomic mass is 10.2. The molecule has 0 aliphatic heterocycles. The zero-order valence-electron chi connectivity index (χ0n) is 12.8. The molecule has 3 N–H and O–H groups in total. The number of ether oxygens (including phenoxy) is 1. The fraction of sp³-hybridized carbons (Fsp3) is 0.143. The molecule has 0 fully saturated rings. The van der Waals surface area contributed by atoms with Crippen LogP contribution in [0, 0.1) is 6.92 Å². The molecule has 0 aliphatic carbocycles. The van der Waals surface area contributed by atoms with Gasteiger partial charge in [0.1, 0.15) is 15.5 Å². The first-order valence-corrected chi connectivity index (χ1v) is 10.4. The van der Waals surface area contributed by atoms with E-state index in [1.807, 2.05) is 6.92 Å². The predicted octanol–water partition coefficient (Wildman–Crippen LogP) is 2.21. The number of halogens is 1. The van der Waals surface area contributed by atoms with E-state index in [0.717, 1.165) is 11.6 Å². The smallest absolute Gasteiger partial charge is 0.263 e. The maximum Gasteiger partial charge on any atom is 0.263 e. The highest BCUT2D eigenvalue weighted by Crippen LogP contribution is 2.29. The molecule has 7 nitrogen and oxygen atoms in total. The van der Waals surface area contributed by atoms with Crippen LogP contribution in [-0.2, 0) is 20.0 Å². The summed E-state index contributed by atoms with van der Waals surface area (Å²) in [5.41, 5.74) is 0.939. The Morgan fingerprint density at radius 3 is 2.25 bits per heavy atom. The van der Waals surface area contributed by atoms with Gasteiger partial charge >= 0.3 is 0 Å². The third kappa shape index (κ3) is 4.07. The fourth-order valence-electron chi connectivity index (χ4n) is 2.00. The van der Waals surface area contributed by atoms with Gasteiger partial charge in [-0.25, -0.2) is 22.0 Å². The van der Waals surface area contributed by atoms with Gasteiger partial charge in [-0.05, 0) is 58.7 Å². The minimum Gasteiger partial charge on any atom is -0.495 e. The van der Waals surface area contributed by atoms with Gasteiger partial charge in [-0.3, -0.25) is 4.72 Å². The van der Waals surface area contributed by atoms with Gasteiger partial charge in [-0.2, -0.15) is 0 Å². The second-order valence-corrected chi connectivity index (χ2v) is 8.99. The van der Waals surface area contributed by atoms with E-state index >= 15 is 0 Å². The first kappa shape index (κ1) is 18.7. The average molecular weight is 435 g/mol. The number of anilines is 1. The van der Waals surface area contributed by atoms with E-state index in [9.17, 15) is 16.8 Å². The molecule has 0 saturated heterocycles. The van der Waals surface area contributed by atoms with Gasteiger partial charge in [0.05, 0.1) is 12.8 Å². The summed E-state index contributed by atoms with van der Waals surface area (Å²) in [6.07, 6.45) is 0. The van der Waals surface area contributed by atoms with Gasteiger partial charge in [0.15, 0.2) is 0 Å². The van der Waals surface area contributed by atoms with Crippen LogP contribution in [0.3, 0.4) is 0 Å². The van der Waals surface area contributed by atoms with Crippen molar-refractivity contribution in [3.8, 4) is 5.75 Å². The van der Waals surface area contributed by atoms with Crippen molar-refractivity contribution in [2.75, 3.05) is 11.8 Å². The summed E-state index contributed by atoms with van der Waals surface area (Å²) in [5.74, 6) is 0.0250. The molecule has 10 heteroatoms. The van der Waals surface area contributed by atoms with Crippen molar-refractivity contribution in [1.82, 2.24) is 0 Å². The van der Waals surface area contributed by atoms with E-state index in [4.69, 9.17) is 9.88 Å². The van der Waals surface area contributed by atoms with Crippen LogP contribution in [0.1, 0.15) is 5.56 Å². The van der Waals surface area contributed by atoms with Crippen molar-refractivity contribution >= 4 is 41.7 Å². The van der Waals surface area contributed by atoms with E-state index in [2.05, 4.69) is 20.7 Å². The zero-order chi connectivity index (χ0) is 18.1. The quantitative estimate of drug-likeness (QED) is 0.747. The lowest BCUT2D eigenvalue weighted by Crippen LogP contribution is -2.16. The van der Waals surface area contributed by atoms with E-state index in [0.29, 0.717) is 4.47 Å². The topological polar surface area (TPSA) is 116 Å². The highest BCUT2D eigenvalue weighted by molar-refractivity contribution is 9.10. The molecule has 24 heavy (non-hydrogen) atoms. The van der Waals surface area contributed by atoms with Crippen LogP contribution < -0.4 is 14.6 Å². The molecule has 2 rings (SSSR count). The van der Waals surface area contributed by atoms with Crippen LogP contribution in [0.5, 0.6) is 5.75 Å². The minimum atomic E-state index is -4.07. The SMILES string of the molecule is COc1ccc(NS(=O)(=O)c2ccc(C)cc2Br)cc1S(N)(=O)=O. The zero-order valence-corrected chi connectivity index (χ0v) is 16.0. The molecule has 0 aliphatic rings. The average Bonchev–Trinajstić information content (AvgIpc) is 2.45. The second kappa shape index (κ2) is 6.71. The summed E-state index contributed by atoms with van der Waals surface area (Å²) in [6.45, 7) is 1.83. The molecule has 2 aromatic carbocycles. The van der Waals surface area contributed by atoms with Gasteiger partial charge in [-0.15, -0.1) is 0 Å². The lowest BCUT2D eigenvalue weighted by molar-refractivity contribution is 0.403. The Balaban J connectivity index is 2.47. The summed E-state index contributed by atoms with van der Waals surface area (Å²) in [6, 6.07) is 8.58. The number of nitrogens with two attached hydrogens (primary N) is 1. The van der Waals surface area contributed by atoms with Crippen molar-refractivity contribution < 1.29 is 21.6 Å². The third-order valence-electron chi connectivity index (χ3n) is 3.10. The number of benzene rings is 2. The molecular weight excluding hydrogens is 420 g/mol. The highest BCUT2D eigenvalue weighted by Gasteiger charge is 2.20. The normalized spacial score (nSPS) is 12.0. The van der Waals surface area contributed by atoms with Crippen LogP contribution >= 0.6 is 15.9 Å². The van der Waals surface area contributed by atoms with Crippen molar-refractivity contribution in [2.45, 2.75) is 16.7 Å². The van der Waals surface area contributed by atoms with Crippen molar-refractivity contribution in [1.29, 1.82) is 0 Å². The van der Waals surface area contributed by atoms with Gasteiger partial charge in [0.2, 0.25) is 10.0 Å². The number of methoxy groups -OCH3 is 1. The number of hydrogen-bond acceptors (Lipinski definition) is 5. The summed E-state index contributed by atoms with van der Waals surface area (Å²) in [5, 5.41) is 5.13. The molecule has 0 saturated carbocycles. The molecule has 0 unspecified atom stereocenters. The molecule has 130 valence electrons. The van der Waals surface area contributed by atoms with Gasteiger partial charge in [-0.1, -0.05) is 6.07 Å². The number of rotatable bonds is 5. The lowest BCUT2D eigenvalue weighted by Gasteiger charge is -2.12. The molecule has 0 spiro atoms. The first-order valence-electron chi connectivity index (χ1n) is 6.54. The Labute approximate surface area is 149 Å². The van der Waals surface area contributed by atoms with E-state index in [1.54, 1.807) is 12.1 Å². The Morgan fingerprint density at radius 1 is 1.04 bits per heavy atom. The van der Waals surface area contributed by atoms with Crippen LogP contribution in [-0.4, -0.2) is 23.9 Å². The summed E-state index contributed by atoms with van der Waals surface area (Å²) in [7, 11) is -6.70. The number of nitrogens with one attached hydrogen (secondary N) is 1. The predicted molar refractivity (Wildman–Crippen MR) is 94.1 cm³/mol. The van der Waals surface area contributed by atoms with E-state index in [1.165, 1.54) is 25.3 Å².